The van der Waals surface area contributed by atoms with Crippen molar-refractivity contribution in [2.24, 2.45) is 0 Å². The van der Waals surface area contributed by atoms with E-state index in [4.69, 9.17) is 4.74 Å². The molecule has 7 heteroatoms. The molecule has 174 valence electrons. The van der Waals surface area contributed by atoms with Crippen molar-refractivity contribution in [2.75, 3.05) is 6.54 Å². The molecule has 0 bridgehead atoms. The Morgan fingerprint density at radius 3 is 1.73 bits per heavy atom. The third kappa shape index (κ3) is 7.51. The number of amides is 2. The van der Waals surface area contributed by atoms with E-state index in [9.17, 15) is 14.4 Å². The quantitative estimate of drug-likeness (QED) is 0.233. The lowest BCUT2D eigenvalue weighted by molar-refractivity contribution is -0.155. The predicted molar refractivity (Wildman–Crippen MR) is 133 cm³/mol. The van der Waals surface area contributed by atoms with Gasteiger partial charge in [0.25, 0.3) is 11.8 Å². The number of hydrogen-bond donors (Lipinski definition) is 0. The summed E-state index contributed by atoms with van der Waals surface area (Å²) >= 11 is 2.67. The number of carbonyl (C=O) groups excluding carboxylic acids is 3. The zero-order chi connectivity index (χ0) is 23.8. The van der Waals surface area contributed by atoms with Gasteiger partial charge in [-0.3, -0.25) is 19.3 Å². The van der Waals surface area contributed by atoms with Crippen LogP contribution >= 0.6 is 23.5 Å². The standard InChI is InChI=1S/C26H29NO4S2/c1-26(2,3)31-21(28)17-11-6-12-18-27-24(29)22(32-19-13-7-4-8-14-19)23(25(27)30)33-20-15-9-5-10-16-20/h4-5,7-10,13-16H,6,11-12,17-18H2,1-3H3. The summed E-state index contributed by atoms with van der Waals surface area (Å²) < 4.78 is 5.32. The molecule has 5 nitrogen and oxygen atoms in total. The molecule has 0 N–H and O–H groups in total. The maximum absolute atomic E-state index is 13.2. The lowest BCUT2D eigenvalue weighted by Crippen LogP contribution is -2.32. The van der Waals surface area contributed by atoms with Crippen LogP contribution < -0.4 is 0 Å². The van der Waals surface area contributed by atoms with E-state index in [-0.39, 0.29) is 17.8 Å². The molecule has 1 aliphatic heterocycles. The average molecular weight is 484 g/mol. The summed E-state index contributed by atoms with van der Waals surface area (Å²) in [6, 6.07) is 19.2. The van der Waals surface area contributed by atoms with Gasteiger partial charge in [-0.25, -0.2) is 0 Å². The first-order valence-corrected chi connectivity index (χ1v) is 12.7. The minimum absolute atomic E-state index is 0.222. The van der Waals surface area contributed by atoms with Gasteiger partial charge in [0.2, 0.25) is 0 Å². The van der Waals surface area contributed by atoms with Gasteiger partial charge < -0.3 is 4.74 Å². The highest BCUT2D eigenvalue weighted by molar-refractivity contribution is 8.08. The van der Waals surface area contributed by atoms with Gasteiger partial charge >= 0.3 is 5.97 Å². The monoisotopic (exact) mass is 483 g/mol. The van der Waals surface area contributed by atoms with E-state index < -0.39 is 5.60 Å². The molecule has 0 spiro atoms. The van der Waals surface area contributed by atoms with Crippen LogP contribution in [0.1, 0.15) is 46.5 Å². The van der Waals surface area contributed by atoms with Crippen molar-refractivity contribution in [3.8, 4) is 0 Å². The summed E-state index contributed by atoms with van der Waals surface area (Å²) in [4.78, 5) is 42.3. The summed E-state index contributed by atoms with van der Waals surface area (Å²) in [6.07, 6.45) is 2.38. The molecule has 3 rings (SSSR count). The highest BCUT2D eigenvalue weighted by Crippen LogP contribution is 2.42. The van der Waals surface area contributed by atoms with E-state index in [0.717, 1.165) is 16.2 Å². The summed E-state index contributed by atoms with van der Waals surface area (Å²) in [7, 11) is 0. The molecule has 1 aliphatic rings. The first-order valence-electron chi connectivity index (χ1n) is 11.0. The van der Waals surface area contributed by atoms with Crippen LogP contribution in [0.3, 0.4) is 0 Å². The van der Waals surface area contributed by atoms with Crippen LogP contribution in [0.4, 0.5) is 0 Å². The first-order chi connectivity index (χ1) is 15.7. The molecule has 2 amide bonds. The molecule has 0 aromatic heterocycles. The number of benzene rings is 2. The minimum atomic E-state index is -0.489. The van der Waals surface area contributed by atoms with Crippen LogP contribution in [0.15, 0.2) is 80.3 Å². The Labute approximate surface area is 204 Å². The fourth-order valence-corrected chi connectivity index (χ4v) is 5.30. The smallest absolute Gasteiger partial charge is 0.306 e. The molecule has 0 saturated carbocycles. The van der Waals surface area contributed by atoms with Crippen molar-refractivity contribution in [1.29, 1.82) is 0 Å². The summed E-state index contributed by atoms with van der Waals surface area (Å²) in [5, 5.41) is 0. The van der Waals surface area contributed by atoms with Crippen molar-refractivity contribution < 1.29 is 19.1 Å². The van der Waals surface area contributed by atoms with Crippen LogP contribution in [0.5, 0.6) is 0 Å². The number of imide groups is 1. The van der Waals surface area contributed by atoms with Crippen molar-refractivity contribution in [3.05, 3.63) is 70.5 Å². The predicted octanol–water partition coefficient (Wildman–Crippen LogP) is 6.05. The molecule has 0 aliphatic carbocycles. The van der Waals surface area contributed by atoms with Gasteiger partial charge in [0.1, 0.15) is 5.60 Å². The minimum Gasteiger partial charge on any atom is -0.460 e. The van der Waals surface area contributed by atoms with Crippen molar-refractivity contribution in [3.63, 3.8) is 0 Å². The number of unbranched alkanes of at least 4 members (excludes halogenated alkanes) is 2. The Kier molecular flexibility index (Phi) is 8.80. The zero-order valence-electron chi connectivity index (χ0n) is 19.2. The number of ether oxygens (including phenoxy) is 1. The molecular weight excluding hydrogens is 454 g/mol. The average Bonchev–Trinajstić information content (AvgIpc) is 2.98. The number of hydrogen-bond acceptors (Lipinski definition) is 6. The largest absolute Gasteiger partial charge is 0.460 e. The number of carbonyl (C=O) groups is 3. The summed E-state index contributed by atoms with van der Waals surface area (Å²) in [5.74, 6) is -0.723. The highest BCUT2D eigenvalue weighted by atomic mass is 32.2. The van der Waals surface area contributed by atoms with Crippen molar-refractivity contribution in [1.82, 2.24) is 4.90 Å². The molecule has 0 saturated heterocycles. The van der Waals surface area contributed by atoms with Crippen LogP contribution in [-0.4, -0.2) is 34.8 Å². The molecule has 0 atom stereocenters. The number of thioether (sulfide) groups is 2. The molecule has 2 aromatic carbocycles. The third-order valence-electron chi connectivity index (χ3n) is 4.69. The molecular formula is C26H29NO4S2. The van der Waals surface area contributed by atoms with Gasteiger partial charge in [0, 0.05) is 22.8 Å². The molecule has 33 heavy (non-hydrogen) atoms. The van der Waals surface area contributed by atoms with Gasteiger partial charge in [-0.15, -0.1) is 0 Å². The van der Waals surface area contributed by atoms with E-state index in [1.807, 2.05) is 81.4 Å². The number of nitrogens with zero attached hydrogens (tertiary/aromatic N) is 1. The highest BCUT2D eigenvalue weighted by Gasteiger charge is 2.39. The fraction of sp³-hybridized carbons (Fsp3) is 0.346. The summed E-state index contributed by atoms with van der Waals surface area (Å²) in [6.45, 7) is 5.87. The van der Waals surface area contributed by atoms with Crippen LogP contribution in [0, 0.1) is 0 Å². The van der Waals surface area contributed by atoms with E-state index in [1.165, 1.54) is 28.4 Å². The molecule has 1 heterocycles. The molecule has 0 fully saturated rings. The molecule has 2 aromatic rings. The second-order valence-corrected chi connectivity index (χ2v) is 10.8. The van der Waals surface area contributed by atoms with E-state index in [1.54, 1.807) is 0 Å². The normalized spacial score (nSPS) is 14.2. The second kappa shape index (κ2) is 11.6. The van der Waals surface area contributed by atoms with E-state index in [0.29, 0.717) is 35.6 Å². The SMILES string of the molecule is CC(C)(C)OC(=O)CCCCCN1C(=O)C(Sc2ccccc2)=C(Sc2ccccc2)C1=O. The Bertz CT molecular complexity index is 950. The summed E-state index contributed by atoms with van der Waals surface area (Å²) in [5.41, 5.74) is -0.489. The Balaban J connectivity index is 1.63. The lowest BCUT2D eigenvalue weighted by atomic mass is 10.1. The second-order valence-electron chi connectivity index (χ2n) is 8.65. The molecule has 0 radical (unpaired) electrons. The van der Waals surface area contributed by atoms with Crippen molar-refractivity contribution in [2.45, 2.75) is 61.8 Å². The number of rotatable bonds is 10. The lowest BCUT2D eigenvalue weighted by Gasteiger charge is -2.19. The number of esters is 1. The van der Waals surface area contributed by atoms with Gasteiger partial charge in [-0.1, -0.05) is 66.3 Å². The van der Waals surface area contributed by atoms with Crippen molar-refractivity contribution >= 4 is 41.3 Å². The first kappa shape index (κ1) is 25.1. The van der Waals surface area contributed by atoms with E-state index in [2.05, 4.69) is 0 Å². The Morgan fingerprint density at radius 1 is 0.788 bits per heavy atom. The fourth-order valence-electron chi connectivity index (χ4n) is 3.24. The third-order valence-corrected chi connectivity index (χ3v) is 7.00. The Hall–Kier alpha value is -2.51. The molecule has 0 unspecified atom stereocenters. The van der Waals surface area contributed by atoms with Crippen LogP contribution in [0.25, 0.3) is 0 Å². The van der Waals surface area contributed by atoms with Gasteiger partial charge in [0.15, 0.2) is 0 Å². The van der Waals surface area contributed by atoms with Crippen LogP contribution in [0.2, 0.25) is 0 Å². The zero-order valence-corrected chi connectivity index (χ0v) is 20.8. The van der Waals surface area contributed by atoms with Crippen LogP contribution in [-0.2, 0) is 19.1 Å². The topological polar surface area (TPSA) is 63.7 Å². The Morgan fingerprint density at radius 2 is 1.27 bits per heavy atom. The van der Waals surface area contributed by atoms with Gasteiger partial charge in [0.05, 0.1) is 9.81 Å². The van der Waals surface area contributed by atoms with E-state index >= 15 is 0 Å². The van der Waals surface area contributed by atoms with Gasteiger partial charge in [-0.2, -0.15) is 0 Å². The van der Waals surface area contributed by atoms with Gasteiger partial charge in [-0.05, 0) is 57.9 Å². The maximum Gasteiger partial charge on any atom is 0.306 e. The maximum atomic E-state index is 13.2.